The van der Waals surface area contributed by atoms with Crippen molar-refractivity contribution in [1.29, 1.82) is 0 Å². The van der Waals surface area contributed by atoms with E-state index >= 15 is 0 Å². The Balaban J connectivity index is 2.62. The van der Waals surface area contributed by atoms with Crippen molar-refractivity contribution in [3.8, 4) is 5.75 Å². The van der Waals surface area contributed by atoms with E-state index in [2.05, 4.69) is 6.92 Å². The SMILES string of the molecule is CCOC(=O)CCCC(N)c1ccc(OC)c(C)c1C. The Morgan fingerprint density at radius 2 is 2.00 bits per heavy atom. The number of carbonyl (C=O) groups excluding carboxylic acids is 1. The maximum atomic E-state index is 11.3. The number of nitrogens with two attached hydrogens (primary N) is 1. The molecule has 0 aliphatic carbocycles. The molecule has 0 saturated carbocycles. The predicted molar refractivity (Wildman–Crippen MR) is 79.9 cm³/mol. The number of carbonyl (C=O) groups is 1. The van der Waals surface area contributed by atoms with Crippen LogP contribution in [-0.4, -0.2) is 19.7 Å². The number of esters is 1. The highest BCUT2D eigenvalue weighted by Crippen LogP contribution is 2.28. The van der Waals surface area contributed by atoms with Crippen LogP contribution in [-0.2, 0) is 9.53 Å². The zero-order chi connectivity index (χ0) is 15.1. The molecule has 0 spiro atoms. The van der Waals surface area contributed by atoms with Gasteiger partial charge in [-0.1, -0.05) is 6.07 Å². The predicted octanol–water partition coefficient (Wildman–Crippen LogP) is 3.05. The van der Waals surface area contributed by atoms with Gasteiger partial charge < -0.3 is 15.2 Å². The van der Waals surface area contributed by atoms with Gasteiger partial charge in [-0.2, -0.15) is 0 Å². The Morgan fingerprint density at radius 1 is 1.30 bits per heavy atom. The van der Waals surface area contributed by atoms with Crippen LogP contribution >= 0.6 is 0 Å². The summed E-state index contributed by atoms with van der Waals surface area (Å²) in [5, 5.41) is 0. The van der Waals surface area contributed by atoms with E-state index in [0.717, 1.165) is 35.3 Å². The van der Waals surface area contributed by atoms with E-state index in [1.165, 1.54) is 0 Å². The maximum Gasteiger partial charge on any atom is 0.305 e. The summed E-state index contributed by atoms with van der Waals surface area (Å²) < 4.78 is 10.2. The molecule has 1 unspecified atom stereocenters. The van der Waals surface area contributed by atoms with Gasteiger partial charge in [0.1, 0.15) is 5.75 Å². The summed E-state index contributed by atoms with van der Waals surface area (Å²) in [5.74, 6) is 0.729. The van der Waals surface area contributed by atoms with Crippen molar-refractivity contribution in [1.82, 2.24) is 0 Å². The molecule has 0 fully saturated rings. The van der Waals surface area contributed by atoms with E-state index in [1.54, 1.807) is 7.11 Å². The first kappa shape index (κ1) is 16.5. The van der Waals surface area contributed by atoms with Crippen molar-refractivity contribution in [2.75, 3.05) is 13.7 Å². The number of hydrogen-bond acceptors (Lipinski definition) is 4. The van der Waals surface area contributed by atoms with E-state index in [4.69, 9.17) is 15.2 Å². The first-order chi connectivity index (χ1) is 9.51. The lowest BCUT2D eigenvalue weighted by atomic mass is 9.94. The number of methoxy groups -OCH3 is 1. The molecule has 2 N–H and O–H groups in total. The number of hydrogen-bond donors (Lipinski definition) is 1. The Labute approximate surface area is 121 Å². The molecule has 0 aromatic heterocycles. The van der Waals surface area contributed by atoms with Gasteiger partial charge in [-0.05, 0) is 56.4 Å². The fraction of sp³-hybridized carbons (Fsp3) is 0.562. The molecule has 0 aliphatic heterocycles. The van der Waals surface area contributed by atoms with Crippen LogP contribution in [0.5, 0.6) is 5.75 Å². The number of rotatable bonds is 7. The Hall–Kier alpha value is -1.55. The van der Waals surface area contributed by atoms with Gasteiger partial charge in [0.25, 0.3) is 0 Å². The highest BCUT2D eigenvalue weighted by atomic mass is 16.5. The minimum Gasteiger partial charge on any atom is -0.496 e. The molecule has 1 rings (SSSR count). The molecular weight excluding hydrogens is 254 g/mol. The Kier molecular flexibility index (Phi) is 6.52. The summed E-state index contributed by atoms with van der Waals surface area (Å²) in [4.78, 5) is 11.3. The number of benzene rings is 1. The van der Waals surface area contributed by atoms with Gasteiger partial charge in [0.15, 0.2) is 0 Å². The van der Waals surface area contributed by atoms with Gasteiger partial charge in [-0.15, -0.1) is 0 Å². The molecule has 0 amide bonds. The zero-order valence-corrected chi connectivity index (χ0v) is 12.9. The van der Waals surface area contributed by atoms with Gasteiger partial charge in [-0.3, -0.25) is 4.79 Å². The first-order valence-electron chi connectivity index (χ1n) is 7.06. The molecule has 0 aliphatic rings. The van der Waals surface area contributed by atoms with Crippen LogP contribution in [0.1, 0.15) is 48.9 Å². The van der Waals surface area contributed by atoms with Crippen LogP contribution in [0.15, 0.2) is 12.1 Å². The van der Waals surface area contributed by atoms with Crippen molar-refractivity contribution in [2.24, 2.45) is 5.73 Å². The zero-order valence-electron chi connectivity index (χ0n) is 12.9. The Bertz CT molecular complexity index is 457. The maximum absolute atomic E-state index is 11.3. The monoisotopic (exact) mass is 279 g/mol. The second-order valence-electron chi connectivity index (χ2n) is 4.91. The fourth-order valence-electron chi connectivity index (χ4n) is 2.29. The minimum atomic E-state index is -0.151. The van der Waals surface area contributed by atoms with E-state index < -0.39 is 0 Å². The van der Waals surface area contributed by atoms with Crippen LogP contribution in [0.4, 0.5) is 0 Å². The van der Waals surface area contributed by atoms with Crippen LogP contribution in [0, 0.1) is 13.8 Å². The van der Waals surface area contributed by atoms with Gasteiger partial charge in [-0.25, -0.2) is 0 Å². The molecule has 0 saturated heterocycles. The van der Waals surface area contributed by atoms with Crippen molar-refractivity contribution in [3.05, 3.63) is 28.8 Å². The molecule has 1 aromatic rings. The molecular formula is C16H25NO3. The summed E-state index contributed by atoms with van der Waals surface area (Å²) >= 11 is 0. The van der Waals surface area contributed by atoms with Crippen molar-refractivity contribution >= 4 is 5.97 Å². The third-order valence-corrected chi connectivity index (χ3v) is 3.60. The molecule has 4 heteroatoms. The van der Waals surface area contributed by atoms with E-state index in [1.807, 2.05) is 26.0 Å². The van der Waals surface area contributed by atoms with Crippen molar-refractivity contribution in [3.63, 3.8) is 0 Å². The normalized spacial score (nSPS) is 12.1. The molecule has 0 heterocycles. The fourth-order valence-corrected chi connectivity index (χ4v) is 2.29. The lowest BCUT2D eigenvalue weighted by Gasteiger charge is -2.18. The second kappa shape index (κ2) is 7.90. The molecule has 1 aromatic carbocycles. The molecule has 0 bridgehead atoms. The van der Waals surface area contributed by atoms with Gasteiger partial charge in [0, 0.05) is 12.5 Å². The first-order valence-corrected chi connectivity index (χ1v) is 7.06. The average molecular weight is 279 g/mol. The van der Waals surface area contributed by atoms with Crippen molar-refractivity contribution in [2.45, 2.75) is 46.1 Å². The molecule has 0 radical (unpaired) electrons. The lowest BCUT2D eigenvalue weighted by Crippen LogP contribution is -2.13. The van der Waals surface area contributed by atoms with Crippen LogP contribution in [0.3, 0.4) is 0 Å². The summed E-state index contributed by atoms with van der Waals surface area (Å²) in [5.41, 5.74) is 9.62. The van der Waals surface area contributed by atoms with E-state index in [0.29, 0.717) is 13.0 Å². The topological polar surface area (TPSA) is 61.5 Å². The third-order valence-electron chi connectivity index (χ3n) is 3.60. The standard InChI is InChI=1S/C16H25NO3/c1-5-20-16(18)8-6-7-14(17)13-9-10-15(19-4)12(3)11(13)2/h9-10,14H,5-8,17H2,1-4H3. The summed E-state index contributed by atoms with van der Waals surface area (Å²) in [6.07, 6.45) is 1.94. The third kappa shape index (κ3) is 4.23. The van der Waals surface area contributed by atoms with Crippen LogP contribution in [0.25, 0.3) is 0 Å². The van der Waals surface area contributed by atoms with Crippen LogP contribution < -0.4 is 10.5 Å². The second-order valence-corrected chi connectivity index (χ2v) is 4.91. The molecule has 4 nitrogen and oxygen atoms in total. The van der Waals surface area contributed by atoms with Gasteiger partial charge >= 0.3 is 5.97 Å². The molecule has 20 heavy (non-hydrogen) atoms. The Morgan fingerprint density at radius 3 is 2.60 bits per heavy atom. The molecule has 112 valence electrons. The highest BCUT2D eigenvalue weighted by molar-refractivity contribution is 5.69. The van der Waals surface area contributed by atoms with Gasteiger partial charge in [0.2, 0.25) is 0 Å². The van der Waals surface area contributed by atoms with Crippen molar-refractivity contribution < 1.29 is 14.3 Å². The van der Waals surface area contributed by atoms with Crippen LogP contribution in [0.2, 0.25) is 0 Å². The quantitative estimate of drug-likeness (QED) is 0.779. The van der Waals surface area contributed by atoms with E-state index in [-0.39, 0.29) is 12.0 Å². The smallest absolute Gasteiger partial charge is 0.305 e. The molecule has 1 atom stereocenters. The number of ether oxygens (including phenoxy) is 2. The van der Waals surface area contributed by atoms with E-state index in [9.17, 15) is 4.79 Å². The minimum absolute atomic E-state index is 0.0611. The summed E-state index contributed by atoms with van der Waals surface area (Å²) in [6, 6.07) is 3.90. The largest absolute Gasteiger partial charge is 0.496 e. The lowest BCUT2D eigenvalue weighted by molar-refractivity contribution is -0.143. The van der Waals surface area contributed by atoms with Gasteiger partial charge in [0.05, 0.1) is 13.7 Å². The average Bonchev–Trinajstić information content (AvgIpc) is 2.42. The summed E-state index contributed by atoms with van der Waals surface area (Å²) in [7, 11) is 1.67. The highest BCUT2D eigenvalue weighted by Gasteiger charge is 2.13. The summed E-state index contributed by atoms with van der Waals surface area (Å²) in [6.45, 7) is 6.33.